The minimum absolute atomic E-state index is 0.569. The van der Waals surface area contributed by atoms with E-state index in [1.807, 2.05) is 0 Å². The highest BCUT2D eigenvalue weighted by atomic mass is 32.2. The van der Waals surface area contributed by atoms with Gasteiger partial charge in [-0.05, 0) is 49.2 Å². The summed E-state index contributed by atoms with van der Waals surface area (Å²) in [5.41, 5.74) is 1.36. The van der Waals surface area contributed by atoms with Crippen molar-refractivity contribution in [2.45, 2.75) is 48.0 Å². The second-order valence-electron chi connectivity index (χ2n) is 5.17. The first-order valence-corrected chi connectivity index (χ1v) is 9.45. The average Bonchev–Trinajstić information content (AvgIpc) is 2.32. The molecule has 1 aromatic carbocycles. The Morgan fingerprint density at radius 2 is 1.71 bits per heavy atom. The van der Waals surface area contributed by atoms with Gasteiger partial charge < -0.3 is 0 Å². The molecule has 0 bridgehead atoms. The molecule has 0 spiro atoms. The summed E-state index contributed by atoms with van der Waals surface area (Å²) in [5, 5.41) is 1.79. The van der Waals surface area contributed by atoms with Crippen molar-refractivity contribution >= 4 is 22.7 Å². The Morgan fingerprint density at radius 3 is 2.35 bits per heavy atom. The van der Waals surface area contributed by atoms with Gasteiger partial charge in [0.05, 0.1) is 17.8 Å². The van der Waals surface area contributed by atoms with Crippen molar-refractivity contribution in [3.63, 3.8) is 0 Å². The molecule has 1 aliphatic rings. The Hall–Kier alpha value is -0.0800. The maximum absolute atomic E-state index is 2.42. The van der Waals surface area contributed by atoms with Crippen LogP contribution in [0.2, 0.25) is 0 Å². The summed E-state index contributed by atoms with van der Waals surface area (Å²) in [5.74, 6) is 0. The summed E-state index contributed by atoms with van der Waals surface area (Å²) >= 11 is 2.12. The number of thioether (sulfide) groups is 1. The van der Waals surface area contributed by atoms with E-state index < -0.39 is 0 Å². The smallest absolute Gasteiger partial charge is 0.118 e. The lowest BCUT2D eigenvalue weighted by Crippen LogP contribution is -2.33. The Kier molecular flexibility index (Phi) is 4.87. The van der Waals surface area contributed by atoms with Crippen LogP contribution in [0.5, 0.6) is 0 Å². The van der Waals surface area contributed by atoms with E-state index in [4.69, 9.17) is 0 Å². The number of aryl methyl sites for hydroxylation is 1. The van der Waals surface area contributed by atoms with E-state index in [0.29, 0.717) is 10.9 Å². The third-order valence-electron chi connectivity index (χ3n) is 3.56. The van der Waals surface area contributed by atoms with Gasteiger partial charge >= 0.3 is 0 Å². The highest BCUT2D eigenvalue weighted by Gasteiger charge is 2.34. The van der Waals surface area contributed by atoms with Gasteiger partial charge in [0.1, 0.15) is 5.25 Å². The number of hydrogen-bond donors (Lipinski definition) is 0. The Labute approximate surface area is 113 Å². The van der Waals surface area contributed by atoms with E-state index >= 15 is 0 Å². The molecule has 1 aromatic rings. The van der Waals surface area contributed by atoms with Crippen LogP contribution >= 0.6 is 11.8 Å². The summed E-state index contributed by atoms with van der Waals surface area (Å²) < 4.78 is 0. The van der Waals surface area contributed by atoms with E-state index in [2.05, 4.69) is 55.5 Å². The Bertz CT molecular complexity index is 342. The monoisotopic (exact) mass is 267 g/mol. The molecule has 0 heterocycles. The van der Waals surface area contributed by atoms with E-state index in [-0.39, 0.29) is 0 Å². The van der Waals surface area contributed by atoms with Gasteiger partial charge in [-0.2, -0.15) is 0 Å². The topological polar surface area (TPSA) is 0 Å². The molecule has 17 heavy (non-hydrogen) atoms. The van der Waals surface area contributed by atoms with Gasteiger partial charge in [0.2, 0.25) is 0 Å². The quantitative estimate of drug-likeness (QED) is 0.737. The molecular formula is C15H23S2+. The van der Waals surface area contributed by atoms with Crippen molar-refractivity contribution in [1.29, 1.82) is 0 Å². The van der Waals surface area contributed by atoms with Gasteiger partial charge in [-0.3, -0.25) is 0 Å². The predicted molar refractivity (Wildman–Crippen MR) is 82.3 cm³/mol. The average molecular weight is 267 g/mol. The second kappa shape index (κ2) is 6.19. The SMILES string of the molecule is Cc1ccc(SC2CCCCC2[S+](C)C)cc1. The van der Waals surface area contributed by atoms with Gasteiger partial charge in [0.15, 0.2) is 0 Å². The molecule has 1 aliphatic carbocycles. The van der Waals surface area contributed by atoms with Gasteiger partial charge in [-0.1, -0.05) is 24.1 Å². The number of hydrogen-bond acceptors (Lipinski definition) is 1. The fourth-order valence-electron chi connectivity index (χ4n) is 2.53. The molecule has 0 aliphatic heterocycles. The molecule has 0 nitrogen and oxygen atoms in total. The molecule has 2 rings (SSSR count). The molecule has 2 atom stereocenters. The lowest BCUT2D eigenvalue weighted by Gasteiger charge is -2.28. The van der Waals surface area contributed by atoms with Crippen molar-refractivity contribution in [1.82, 2.24) is 0 Å². The maximum Gasteiger partial charge on any atom is 0.129 e. The van der Waals surface area contributed by atoms with Crippen LogP contribution in [-0.2, 0) is 10.9 Å². The van der Waals surface area contributed by atoms with Crippen LogP contribution in [0.4, 0.5) is 0 Å². The van der Waals surface area contributed by atoms with Gasteiger partial charge in [-0.25, -0.2) is 0 Å². The minimum atomic E-state index is 0.569. The molecule has 94 valence electrons. The van der Waals surface area contributed by atoms with Crippen molar-refractivity contribution < 1.29 is 0 Å². The van der Waals surface area contributed by atoms with Crippen LogP contribution in [0, 0.1) is 6.92 Å². The molecule has 0 amide bonds. The van der Waals surface area contributed by atoms with Crippen molar-refractivity contribution in [2.75, 3.05) is 12.5 Å². The minimum Gasteiger partial charge on any atom is -0.118 e. The van der Waals surface area contributed by atoms with Crippen LogP contribution < -0.4 is 0 Å². The largest absolute Gasteiger partial charge is 0.129 e. The Balaban J connectivity index is 2.02. The zero-order valence-electron chi connectivity index (χ0n) is 11.1. The maximum atomic E-state index is 2.42. The van der Waals surface area contributed by atoms with Crippen LogP contribution in [0.15, 0.2) is 29.2 Å². The first-order chi connectivity index (χ1) is 8.16. The fraction of sp³-hybridized carbons (Fsp3) is 0.600. The first kappa shape index (κ1) is 13.4. The standard InChI is InChI=1S/C15H23S2/c1-12-8-10-13(11-9-12)16-14-6-4-5-7-15(14)17(2)3/h8-11,14-15H,4-7H2,1-3H3/q+1. The number of rotatable bonds is 3. The Morgan fingerprint density at radius 1 is 1.06 bits per heavy atom. The van der Waals surface area contributed by atoms with Crippen molar-refractivity contribution in [3.05, 3.63) is 29.8 Å². The van der Waals surface area contributed by atoms with Gasteiger partial charge in [0, 0.05) is 4.90 Å². The summed E-state index contributed by atoms with van der Waals surface area (Å²) in [6, 6.07) is 9.04. The molecule has 0 radical (unpaired) electrons. The summed E-state index contributed by atoms with van der Waals surface area (Å²) in [4.78, 5) is 1.46. The summed E-state index contributed by atoms with van der Waals surface area (Å²) in [6.45, 7) is 2.16. The molecule has 1 fully saturated rings. The molecule has 0 saturated heterocycles. The normalized spacial score (nSPS) is 25.2. The third-order valence-corrected chi connectivity index (χ3v) is 6.91. The summed E-state index contributed by atoms with van der Waals surface area (Å²) in [6.07, 6.45) is 10.6. The van der Waals surface area contributed by atoms with E-state index in [1.54, 1.807) is 0 Å². The zero-order chi connectivity index (χ0) is 12.3. The number of benzene rings is 1. The van der Waals surface area contributed by atoms with Gasteiger partial charge in [0.25, 0.3) is 0 Å². The van der Waals surface area contributed by atoms with Crippen LogP contribution in [0.1, 0.15) is 31.2 Å². The van der Waals surface area contributed by atoms with E-state index in [9.17, 15) is 0 Å². The lowest BCUT2D eigenvalue weighted by molar-refractivity contribution is 0.525. The second-order valence-corrected chi connectivity index (χ2v) is 8.85. The molecule has 2 unspecified atom stereocenters. The van der Waals surface area contributed by atoms with Crippen LogP contribution in [0.25, 0.3) is 0 Å². The highest BCUT2D eigenvalue weighted by molar-refractivity contribution is 8.02. The lowest BCUT2D eigenvalue weighted by atomic mass is 10.00. The van der Waals surface area contributed by atoms with Crippen LogP contribution in [0.3, 0.4) is 0 Å². The molecule has 0 N–H and O–H groups in total. The third kappa shape index (κ3) is 3.69. The fourth-order valence-corrected chi connectivity index (χ4v) is 5.96. The predicted octanol–water partition coefficient (Wildman–Crippen LogP) is 4.28. The van der Waals surface area contributed by atoms with Crippen molar-refractivity contribution in [2.24, 2.45) is 0 Å². The van der Waals surface area contributed by atoms with Gasteiger partial charge in [-0.15, -0.1) is 11.8 Å². The molecule has 0 aromatic heterocycles. The van der Waals surface area contributed by atoms with E-state index in [1.165, 1.54) is 36.1 Å². The highest BCUT2D eigenvalue weighted by Crippen LogP contribution is 2.36. The van der Waals surface area contributed by atoms with Crippen LogP contribution in [-0.4, -0.2) is 23.0 Å². The molecule has 1 saturated carbocycles. The molecular weight excluding hydrogens is 244 g/mol. The van der Waals surface area contributed by atoms with Crippen molar-refractivity contribution in [3.8, 4) is 0 Å². The molecule has 2 heteroatoms. The zero-order valence-corrected chi connectivity index (χ0v) is 12.7. The first-order valence-electron chi connectivity index (χ1n) is 6.46. The van der Waals surface area contributed by atoms with E-state index in [0.717, 1.165) is 10.5 Å². The summed E-state index contributed by atoms with van der Waals surface area (Å²) in [7, 11) is 0.569.